The number of rotatable bonds is 3. The van der Waals surface area contributed by atoms with Gasteiger partial charge in [0.15, 0.2) is 0 Å². The molecule has 1 aromatic rings. The number of benzene rings is 1. The van der Waals surface area contributed by atoms with Crippen LogP contribution in [0, 0.1) is 5.92 Å². The summed E-state index contributed by atoms with van der Waals surface area (Å²) in [5.74, 6) is 0.737. The van der Waals surface area contributed by atoms with Gasteiger partial charge in [-0.2, -0.15) is 0 Å². The maximum Gasteiger partial charge on any atom is 0.0655 e. The Morgan fingerprint density at radius 1 is 1.37 bits per heavy atom. The largest absolute Gasteiger partial charge is 0.365 e. The van der Waals surface area contributed by atoms with Gasteiger partial charge in [-0.1, -0.05) is 38.6 Å². The molecule has 3 rings (SSSR count). The zero-order valence-corrected chi connectivity index (χ0v) is 12.5. The molecule has 0 amide bonds. The number of nitrogens with zero attached hydrogens (tertiary/aromatic N) is 1. The molecule has 0 saturated heterocycles. The summed E-state index contributed by atoms with van der Waals surface area (Å²) in [5, 5.41) is 0. The summed E-state index contributed by atoms with van der Waals surface area (Å²) in [6.45, 7) is 12.1. The van der Waals surface area contributed by atoms with Crippen LogP contribution in [0.2, 0.25) is 0 Å². The molecule has 0 bridgehead atoms. The highest BCUT2D eigenvalue weighted by atomic mass is 15.2. The molecule has 1 heterocycles. The van der Waals surface area contributed by atoms with E-state index in [4.69, 9.17) is 0 Å². The number of hydrogen-bond donors (Lipinski definition) is 0. The van der Waals surface area contributed by atoms with Gasteiger partial charge in [0.25, 0.3) is 0 Å². The van der Waals surface area contributed by atoms with Gasteiger partial charge in [0, 0.05) is 12.2 Å². The molecule has 0 N–H and O–H groups in total. The fourth-order valence-corrected chi connectivity index (χ4v) is 3.79. The minimum Gasteiger partial charge on any atom is -0.365 e. The Hall–Kier alpha value is -1.24. The van der Waals surface area contributed by atoms with E-state index in [0.29, 0.717) is 5.54 Å². The van der Waals surface area contributed by atoms with Gasteiger partial charge in [0.2, 0.25) is 0 Å². The van der Waals surface area contributed by atoms with Crippen LogP contribution < -0.4 is 0 Å². The highest BCUT2D eigenvalue weighted by molar-refractivity contribution is 5.46. The maximum atomic E-state index is 4.18. The van der Waals surface area contributed by atoms with Gasteiger partial charge in [-0.05, 0) is 55.2 Å². The molecule has 19 heavy (non-hydrogen) atoms. The zero-order valence-electron chi connectivity index (χ0n) is 12.5. The molecule has 1 aromatic carbocycles. The van der Waals surface area contributed by atoms with E-state index in [-0.39, 0.29) is 0 Å². The van der Waals surface area contributed by atoms with E-state index in [9.17, 15) is 0 Å². The van der Waals surface area contributed by atoms with Crippen LogP contribution in [0.15, 0.2) is 30.5 Å². The second-order valence-corrected chi connectivity index (χ2v) is 6.71. The lowest BCUT2D eigenvalue weighted by Gasteiger charge is -2.41. The van der Waals surface area contributed by atoms with E-state index >= 15 is 0 Å². The first kappa shape index (κ1) is 12.8. The molecule has 1 nitrogen and oxygen atoms in total. The smallest absolute Gasteiger partial charge is 0.0655 e. The van der Waals surface area contributed by atoms with E-state index in [0.717, 1.165) is 12.5 Å². The fourth-order valence-electron chi connectivity index (χ4n) is 3.79. The second-order valence-electron chi connectivity index (χ2n) is 6.71. The molecule has 1 spiro atoms. The molecule has 1 aliphatic carbocycles. The second kappa shape index (κ2) is 4.40. The van der Waals surface area contributed by atoms with Crippen molar-refractivity contribution >= 4 is 0 Å². The Morgan fingerprint density at radius 2 is 2.11 bits per heavy atom. The predicted molar refractivity (Wildman–Crippen MR) is 81.1 cm³/mol. The highest BCUT2D eigenvalue weighted by Gasteiger charge is 2.52. The summed E-state index contributed by atoms with van der Waals surface area (Å²) in [6, 6.07) is 6.96. The molecular weight excluding hydrogens is 230 g/mol. The highest BCUT2D eigenvalue weighted by Crippen LogP contribution is 2.55. The third-order valence-electron chi connectivity index (χ3n) is 4.69. The van der Waals surface area contributed by atoms with Crippen LogP contribution in [-0.4, -0.2) is 11.4 Å². The van der Waals surface area contributed by atoms with E-state index < -0.39 is 0 Å². The lowest BCUT2D eigenvalue weighted by Crippen LogP contribution is -2.40. The summed E-state index contributed by atoms with van der Waals surface area (Å²) in [4.78, 5) is 2.55. The van der Waals surface area contributed by atoms with Crippen molar-refractivity contribution in [2.45, 2.75) is 52.0 Å². The zero-order chi connectivity index (χ0) is 13.6. The SMILES string of the molecule is C=C(C)N1CCc2c(CC(C)C)cccc2C12CC2. The Morgan fingerprint density at radius 3 is 2.68 bits per heavy atom. The van der Waals surface area contributed by atoms with Crippen LogP contribution in [0.1, 0.15) is 50.3 Å². The Labute approximate surface area is 117 Å². The van der Waals surface area contributed by atoms with Crippen molar-refractivity contribution in [2.75, 3.05) is 6.54 Å². The Balaban J connectivity index is 2.03. The van der Waals surface area contributed by atoms with Crippen molar-refractivity contribution < 1.29 is 0 Å². The predicted octanol–water partition coefficient (Wildman–Crippen LogP) is 4.27. The lowest BCUT2D eigenvalue weighted by atomic mass is 9.84. The van der Waals surface area contributed by atoms with Crippen molar-refractivity contribution in [1.82, 2.24) is 4.90 Å². The van der Waals surface area contributed by atoms with Gasteiger partial charge in [-0.15, -0.1) is 0 Å². The first-order chi connectivity index (χ1) is 9.04. The van der Waals surface area contributed by atoms with E-state index in [2.05, 4.69) is 50.4 Å². The average molecular weight is 255 g/mol. The molecule has 0 aromatic heterocycles. The summed E-state index contributed by atoms with van der Waals surface area (Å²) >= 11 is 0. The monoisotopic (exact) mass is 255 g/mol. The van der Waals surface area contributed by atoms with Crippen molar-refractivity contribution in [3.63, 3.8) is 0 Å². The lowest BCUT2D eigenvalue weighted by molar-refractivity contribution is 0.219. The summed E-state index contributed by atoms with van der Waals surface area (Å²) in [7, 11) is 0. The van der Waals surface area contributed by atoms with Crippen molar-refractivity contribution in [2.24, 2.45) is 5.92 Å². The third-order valence-corrected chi connectivity index (χ3v) is 4.69. The minimum absolute atomic E-state index is 0.312. The fraction of sp³-hybridized carbons (Fsp3) is 0.556. The van der Waals surface area contributed by atoms with Crippen LogP contribution in [-0.2, 0) is 18.4 Å². The van der Waals surface area contributed by atoms with Gasteiger partial charge in [0.05, 0.1) is 5.54 Å². The first-order valence-electron chi connectivity index (χ1n) is 7.59. The van der Waals surface area contributed by atoms with Crippen LogP contribution in [0.25, 0.3) is 0 Å². The molecule has 102 valence electrons. The Kier molecular flexibility index (Phi) is 2.96. The minimum atomic E-state index is 0.312. The molecule has 0 atom stereocenters. The van der Waals surface area contributed by atoms with Crippen LogP contribution >= 0.6 is 0 Å². The number of fused-ring (bicyclic) bond motifs is 2. The average Bonchev–Trinajstić information content (AvgIpc) is 3.10. The quantitative estimate of drug-likeness (QED) is 0.780. The van der Waals surface area contributed by atoms with Crippen LogP contribution in [0.4, 0.5) is 0 Å². The molecule has 1 fully saturated rings. The van der Waals surface area contributed by atoms with E-state index in [1.807, 2.05) is 0 Å². The van der Waals surface area contributed by atoms with Gasteiger partial charge in [0.1, 0.15) is 0 Å². The van der Waals surface area contributed by atoms with Gasteiger partial charge < -0.3 is 4.90 Å². The van der Waals surface area contributed by atoms with Crippen molar-refractivity contribution in [3.05, 3.63) is 47.2 Å². The van der Waals surface area contributed by atoms with Crippen molar-refractivity contribution in [1.29, 1.82) is 0 Å². The summed E-state index contributed by atoms with van der Waals surface area (Å²) < 4.78 is 0. The van der Waals surface area contributed by atoms with E-state index in [1.54, 1.807) is 16.7 Å². The maximum absolute atomic E-state index is 4.18. The molecule has 2 aliphatic rings. The number of hydrogen-bond acceptors (Lipinski definition) is 1. The molecule has 1 heteroatoms. The molecule has 0 unspecified atom stereocenters. The topological polar surface area (TPSA) is 3.24 Å². The Bertz CT molecular complexity index is 508. The first-order valence-corrected chi connectivity index (χ1v) is 7.59. The van der Waals surface area contributed by atoms with Gasteiger partial charge >= 0.3 is 0 Å². The molecule has 0 radical (unpaired) electrons. The standard InChI is InChI=1S/C18H25N/c1-13(2)12-15-6-5-7-17-16(15)8-11-19(14(3)4)18(17)9-10-18/h5-7,13H,3,8-12H2,1-2,4H3. The van der Waals surface area contributed by atoms with Gasteiger partial charge in [-0.3, -0.25) is 0 Å². The normalized spacial score (nSPS) is 19.7. The van der Waals surface area contributed by atoms with Crippen LogP contribution in [0.5, 0.6) is 0 Å². The van der Waals surface area contributed by atoms with Gasteiger partial charge in [-0.25, -0.2) is 0 Å². The number of allylic oxidation sites excluding steroid dienone is 1. The molecular formula is C18H25N. The summed E-state index contributed by atoms with van der Waals surface area (Å²) in [5.41, 5.74) is 6.37. The van der Waals surface area contributed by atoms with E-state index in [1.165, 1.54) is 31.4 Å². The molecule has 1 saturated carbocycles. The molecule has 1 aliphatic heterocycles. The van der Waals surface area contributed by atoms with Crippen molar-refractivity contribution in [3.8, 4) is 0 Å². The van der Waals surface area contributed by atoms with Crippen LogP contribution in [0.3, 0.4) is 0 Å². The summed E-state index contributed by atoms with van der Waals surface area (Å²) in [6.07, 6.45) is 5.01. The third kappa shape index (κ3) is 2.00.